The lowest BCUT2D eigenvalue weighted by Crippen LogP contribution is -2.06. The third-order valence-electron chi connectivity index (χ3n) is 9.63. The minimum absolute atomic E-state index is 0.490. The average Bonchev–Trinajstić information content (AvgIpc) is 3.10. The third-order valence-corrected chi connectivity index (χ3v) is 9.63. The quantitative estimate of drug-likeness (QED) is 0.0943. The topological polar surface area (TPSA) is 0 Å². The summed E-state index contributed by atoms with van der Waals surface area (Å²) in [6, 6.07) is 31.0. The Hall–Kier alpha value is -4.58. The first-order valence-electron chi connectivity index (χ1n) is 17.5. The first kappa shape index (κ1) is 35.3. The molecule has 258 valence electrons. The molecule has 0 aromatic heterocycles. The summed E-state index contributed by atoms with van der Waals surface area (Å²) >= 11 is 0. The van der Waals surface area contributed by atoms with Crippen LogP contribution in [0, 0.1) is 0 Å². The van der Waals surface area contributed by atoms with E-state index < -0.39 is 23.5 Å². The SMILES string of the molecule is CCCCCc1c(-c2cccc(C(F)(F)F)c2)cc2ccccc2c1-c1c(CCCCC)c(-c2cccc(C(F)(F)F)c2)cc2ccccc12. The van der Waals surface area contributed by atoms with Crippen molar-refractivity contribution >= 4 is 21.5 Å². The van der Waals surface area contributed by atoms with Crippen molar-refractivity contribution in [3.63, 3.8) is 0 Å². The largest absolute Gasteiger partial charge is 0.416 e. The number of hydrogen-bond donors (Lipinski definition) is 0. The summed E-state index contributed by atoms with van der Waals surface area (Å²) in [6.07, 6.45) is -2.22. The molecule has 0 aliphatic carbocycles. The fourth-order valence-corrected chi connectivity index (χ4v) is 7.22. The van der Waals surface area contributed by atoms with E-state index in [9.17, 15) is 26.3 Å². The van der Waals surface area contributed by atoms with Gasteiger partial charge in [-0.05, 0) is 128 Å². The molecular formula is C44H40F6. The number of rotatable bonds is 11. The minimum Gasteiger partial charge on any atom is -0.166 e. The Morgan fingerprint density at radius 2 is 0.840 bits per heavy atom. The summed E-state index contributed by atoms with van der Waals surface area (Å²) in [6.45, 7) is 4.24. The van der Waals surface area contributed by atoms with Crippen LogP contribution in [-0.4, -0.2) is 0 Å². The molecule has 0 fully saturated rings. The molecule has 0 amide bonds. The van der Waals surface area contributed by atoms with Gasteiger partial charge in [0.05, 0.1) is 11.1 Å². The molecule has 6 aromatic rings. The Bertz CT molecular complexity index is 1970. The molecule has 6 aromatic carbocycles. The maximum atomic E-state index is 14.0. The number of hydrogen-bond acceptors (Lipinski definition) is 0. The molecule has 0 bridgehead atoms. The first-order valence-corrected chi connectivity index (χ1v) is 17.5. The van der Waals surface area contributed by atoms with Crippen molar-refractivity contribution in [2.24, 2.45) is 0 Å². The van der Waals surface area contributed by atoms with Gasteiger partial charge in [-0.15, -0.1) is 0 Å². The van der Waals surface area contributed by atoms with Gasteiger partial charge in [-0.3, -0.25) is 0 Å². The van der Waals surface area contributed by atoms with Crippen molar-refractivity contribution in [3.05, 3.63) is 131 Å². The number of alkyl halides is 6. The van der Waals surface area contributed by atoms with Gasteiger partial charge in [0.25, 0.3) is 0 Å². The van der Waals surface area contributed by atoms with Crippen LogP contribution in [-0.2, 0) is 25.2 Å². The maximum Gasteiger partial charge on any atom is 0.416 e. The predicted octanol–water partition coefficient (Wildman–Crippen LogP) is 14.5. The average molecular weight is 683 g/mol. The van der Waals surface area contributed by atoms with E-state index >= 15 is 0 Å². The predicted molar refractivity (Wildman–Crippen MR) is 194 cm³/mol. The molecule has 0 saturated carbocycles. The molecular weight excluding hydrogens is 642 g/mol. The molecule has 50 heavy (non-hydrogen) atoms. The summed E-state index contributed by atoms with van der Waals surface area (Å²) in [5, 5.41) is 3.72. The Morgan fingerprint density at radius 3 is 1.22 bits per heavy atom. The van der Waals surface area contributed by atoms with Crippen LogP contribution in [0.5, 0.6) is 0 Å². The van der Waals surface area contributed by atoms with Crippen molar-refractivity contribution in [3.8, 4) is 33.4 Å². The molecule has 0 aliphatic heterocycles. The number of fused-ring (bicyclic) bond motifs is 2. The van der Waals surface area contributed by atoms with Crippen LogP contribution in [0.4, 0.5) is 26.3 Å². The monoisotopic (exact) mass is 682 g/mol. The van der Waals surface area contributed by atoms with E-state index in [1.165, 1.54) is 24.3 Å². The van der Waals surface area contributed by atoms with Gasteiger partial charge in [0.2, 0.25) is 0 Å². The zero-order chi connectivity index (χ0) is 35.5. The maximum absolute atomic E-state index is 14.0. The lowest BCUT2D eigenvalue weighted by atomic mass is 9.79. The molecule has 0 radical (unpaired) electrons. The fourth-order valence-electron chi connectivity index (χ4n) is 7.22. The van der Waals surface area contributed by atoms with Crippen LogP contribution in [0.25, 0.3) is 54.9 Å². The van der Waals surface area contributed by atoms with Crippen molar-refractivity contribution in [2.75, 3.05) is 0 Å². The zero-order valence-corrected chi connectivity index (χ0v) is 28.3. The van der Waals surface area contributed by atoms with Crippen LogP contribution in [0.15, 0.2) is 109 Å². The lowest BCUT2D eigenvalue weighted by Gasteiger charge is -2.25. The summed E-state index contributed by atoms with van der Waals surface area (Å²) < 4.78 is 84.3. The van der Waals surface area contributed by atoms with Gasteiger partial charge in [0.1, 0.15) is 0 Å². The van der Waals surface area contributed by atoms with E-state index in [1.807, 2.05) is 48.5 Å². The van der Waals surface area contributed by atoms with Crippen molar-refractivity contribution < 1.29 is 26.3 Å². The summed E-state index contributed by atoms with van der Waals surface area (Å²) in [7, 11) is 0. The normalized spacial score (nSPS) is 12.2. The van der Waals surface area contributed by atoms with Gasteiger partial charge in [-0.25, -0.2) is 0 Å². The van der Waals surface area contributed by atoms with E-state index in [0.29, 0.717) is 24.0 Å². The molecule has 0 spiro atoms. The summed E-state index contributed by atoms with van der Waals surface area (Å²) in [5.74, 6) is 0. The third kappa shape index (κ3) is 7.31. The highest BCUT2D eigenvalue weighted by Crippen LogP contribution is 2.48. The second-order valence-corrected chi connectivity index (χ2v) is 13.1. The second-order valence-electron chi connectivity index (χ2n) is 13.1. The highest BCUT2D eigenvalue weighted by Gasteiger charge is 2.32. The summed E-state index contributed by atoms with van der Waals surface area (Å²) in [4.78, 5) is 0. The Kier molecular flexibility index (Phi) is 10.4. The molecule has 0 aliphatic rings. The Labute approximate surface area is 289 Å². The lowest BCUT2D eigenvalue weighted by molar-refractivity contribution is -0.138. The van der Waals surface area contributed by atoms with E-state index in [2.05, 4.69) is 26.0 Å². The zero-order valence-electron chi connectivity index (χ0n) is 28.3. The standard InChI is InChI=1S/C44H40F6/c1-3-5-7-23-37-39(29-17-13-19-33(25-29)43(45,46)47)27-31-15-9-11-21-35(31)41(37)42-36-22-12-10-16-32(36)28-40(38(42)24-8-6-4-2)30-18-14-20-34(26-30)44(48,49)50/h9-22,25-28H,3-8,23-24H2,1-2H3. The van der Waals surface area contributed by atoms with Crippen molar-refractivity contribution in [2.45, 2.75) is 77.6 Å². The molecule has 6 heteroatoms. The van der Waals surface area contributed by atoms with Gasteiger partial charge in [0, 0.05) is 0 Å². The van der Waals surface area contributed by atoms with Gasteiger partial charge in [-0.2, -0.15) is 26.3 Å². The van der Waals surface area contributed by atoms with Gasteiger partial charge in [0.15, 0.2) is 0 Å². The molecule has 0 atom stereocenters. The first-order chi connectivity index (χ1) is 24.0. The molecule has 0 unspecified atom stereocenters. The molecule has 6 rings (SSSR count). The molecule has 0 heterocycles. The number of benzene rings is 6. The van der Waals surface area contributed by atoms with E-state index in [0.717, 1.165) is 106 Å². The number of halogens is 6. The highest BCUT2D eigenvalue weighted by atomic mass is 19.4. The number of unbranched alkanes of at least 4 members (excludes halogenated alkanes) is 4. The van der Waals surface area contributed by atoms with Crippen LogP contribution in [0.3, 0.4) is 0 Å². The molecule has 0 N–H and O–H groups in total. The van der Waals surface area contributed by atoms with E-state index in [1.54, 1.807) is 12.1 Å². The minimum atomic E-state index is -4.50. The van der Waals surface area contributed by atoms with Crippen LogP contribution in [0.1, 0.15) is 74.6 Å². The van der Waals surface area contributed by atoms with Crippen LogP contribution in [0.2, 0.25) is 0 Å². The van der Waals surface area contributed by atoms with E-state index in [-0.39, 0.29) is 0 Å². The van der Waals surface area contributed by atoms with Gasteiger partial charge >= 0.3 is 12.4 Å². The van der Waals surface area contributed by atoms with Crippen LogP contribution >= 0.6 is 0 Å². The summed E-state index contributed by atoms with van der Waals surface area (Å²) in [5.41, 5.74) is 4.87. The van der Waals surface area contributed by atoms with Crippen LogP contribution < -0.4 is 0 Å². The fraction of sp³-hybridized carbons (Fsp3) is 0.273. The smallest absolute Gasteiger partial charge is 0.166 e. The highest BCUT2D eigenvalue weighted by molar-refractivity contribution is 6.11. The molecule has 0 nitrogen and oxygen atoms in total. The van der Waals surface area contributed by atoms with Gasteiger partial charge in [-0.1, -0.05) is 112 Å². The van der Waals surface area contributed by atoms with Crippen molar-refractivity contribution in [1.29, 1.82) is 0 Å². The Balaban J connectivity index is 1.77. The second kappa shape index (κ2) is 14.7. The van der Waals surface area contributed by atoms with Gasteiger partial charge < -0.3 is 0 Å². The Morgan fingerprint density at radius 1 is 0.440 bits per heavy atom. The molecule has 0 saturated heterocycles. The van der Waals surface area contributed by atoms with Crippen molar-refractivity contribution in [1.82, 2.24) is 0 Å². The van der Waals surface area contributed by atoms with E-state index in [4.69, 9.17) is 0 Å².